The minimum atomic E-state index is -0.477. The van der Waals surface area contributed by atoms with Crippen molar-refractivity contribution in [2.45, 2.75) is 6.92 Å². The molecule has 0 fully saturated rings. The molecule has 0 atom stereocenters. The van der Waals surface area contributed by atoms with Gasteiger partial charge in [0, 0.05) is 11.1 Å². The summed E-state index contributed by atoms with van der Waals surface area (Å²) in [6.07, 6.45) is 0. The molecule has 0 saturated carbocycles. The summed E-state index contributed by atoms with van der Waals surface area (Å²) >= 11 is 0. The molecule has 1 aromatic carbocycles. The first kappa shape index (κ1) is 7.03. The van der Waals surface area contributed by atoms with Gasteiger partial charge in [0.15, 0.2) is 7.20 Å². The molecule has 3 nitrogen and oxygen atoms in total. The summed E-state index contributed by atoms with van der Waals surface area (Å²) in [6, 6.07) is 6.15. The highest BCUT2D eigenvalue weighted by molar-refractivity contribution is 5.97. The lowest BCUT2D eigenvalue weighted by molar-refractivity contribution is 0.0993. The summed E-state index contributed by atoms with van der Waals surface area (Å²) in [5.41, 5.74) is 2.69. The first-order valence-corrected chi connectivity index (χ1v) is 3.48. The molecular weight excluding hydrogens is 154 g/mol. The molecule has 0 aliphatic heterocycles. The van der Waals surface area contributed by atoms with Crippen molar-refractivity contribution in [1.29, 1.82) is 0 Å². The number of Topliss-reactive ketones (excluding diaryl/α,β-unsaturated/α-hetero) is 1. The minimum absolute atomic E-state index is 0.0437. The van der Waals surface area contributed by atoms with Crippen molar-refractivity contribution in [3.8, 4) is 0 Å². The van der Waals surface area contributed by atoms with Gasteiger partial charge in [0.2, 0.25) is 5.91 Å². The first-order valence-electron chi connectivity index (χ1n) is 3.98. The van der Waals surface area contributed by atoms with Gasteiger partial charge < -0.3 is 5.73 Å². The van der Waals surface area contributed by atoms with E-state index in [-0.39, 0.29) is 5.78 Å². The number of amides is 1. The van der Waals surface area contributed by atoms with Gasteiger partial charge in [-0.05, 0) is 19.1 Å². The molecule has 0 spiro atoms. The Labute approximate surface area is 71.7 Å². The monoisotopic (exact) mass is 164 g/mol. The van der Waals surface area contributed by atoms with Crippen LogP contribution in [0.5, 0.6) is 0 Å². The number of hydrogen-bond donors (Lipinski definition) is 1. The van der Waals surface area contributed by atoms with Crippen LogP contribution in [0, 0.1) is 0 Å². The van der Waals surface area contributed by atoms with Crippen molar-refractivity contribution in [2.75, 3.05) is 0 Å². The maximum Gasteiger partial charge on any atom is 0.248 e. The van der Waals surface area contributed by atoms with Crippen LogP contribution in [-0.4, -0.2) is 11.7 Å². The van der Waals surface area contributed by atoms with Gasteiger partial charge in [-0.1, -0.05) is 12.1 Å². The zero-order chi connectivity index (χ0) is 9.84. The van der Waals surface area contributed by atoms with E-state index in [1.807, 2.05) is 0 Å². The Morgan fingerprint density at radius 2 is 1.75 bits per heavy atom. The fourth-order valence-electron chi connectivity index (χ4n) is 0.856. The summed E-state index contributed by atoms with van der Waals surface area (Å²) in [5.74, 6) is -0.520. The molecule has 0 aliphatic rings. The van der Waals surface area contributed by atoms with Crippen LogP contribution < -0.4 is 5.73 Å². The Kier molecular flexibility index (Phi) is 1.86. The molecule has 0 unspecified atom stereocenters. The van der Waals surface area contributed by atoms with E-state index in [4.69, 9.17) is 1.41 Å². The fourth-order valence-corrected chi connectivity index (χ4v) is 0.856. The Morgan fingerprint density at radius 3 is 2.17 bits per heavy atom. The van der Waals surface area contributed by atoms with Crippen molar-refractivity contribution >= 4 is 11.7 Å². The molecular formula is C9H9NO2. The predicted molar refractivity (Wildman–Crippen MR) is 45.0 cm³/mol. The average molecular weight is 164 g/mol. The molecule has 1 amide bonds. The Bertz CT molecular complexity index is 332. The summed E-state index contributed by atoms with van der Waals surface area (Å²) in [5, 5.41) is 0. The lowest BCUT2D eigenvalue weighted by Crippen LogP contribution is -2.10. The normalized spacial score (nSPS) is 10.2. The van der Waals surface area contributed by atoms with Gasteiger partial charge in [-0.3, -0.25) is 9.59 Å². The Balaban J connectivity index is 2.93. The average Bonchev–Trinajstić information content (AvgIpc) is 2.17. The summed E-state index contributed by atoms with van der Waals surface area (Å²) in [6.45, 7) is 1.46. The minimum Gasteiger partial charge on any atom is -0.366 e. The zero-order valence-corrected chi connectivity index (χ0v) is 6.63. The Morgan fingerprint density at radius 1 is 1.25 bits per heavy atom. The van der Waals surface area contributed by atoms with Crippen LogP contribution in [0.1, 0.15) is 27.6 Å². The second kappa shape index (κ2) is 3.17. The smallest absolute Gasteiger partial charge is 0.248 e. The molecule has 2 N–H and O–H groups in total. The molecule has 1 rings (SSSR count). The molecule has 0 heterocycles. The van der Waals surface area contributed by atoms with Crippen molar-refractivity contribution in [3.05, 3.63) is 35.4 Å². The van der Waals surface area contributed by atoms with E-state index in [2.05, 4.69) is 0 Å². The van der Waals surface area contributed by atoms with Crippen LogP contribution in [0.15, 0.2) is 24.3 Å². The summed E-state index contributed by atoms with van der Waals surface area (Å²) in [4.78, 5) is 21.8. The molecule has 12 heavy (non-hydrogen) atoms. The van der Waals surface area contributed by atoms with Gasteiger partial charge in [0.25, 0.3) is 0 Å². The van der Waals surface area contributed by atoms with Crippen molar-refractivity contribution < 1.29 is 11.0 Å². The number of carbonyl (C=O) groups excluding carboxylic acids is 2. The van der Waals surface area contributed by atoms with Crippen molar-refractivity contribution in [2.24, 2.45) is 5.73 Å². The number of primary amides is 1. The second-order valence-electron chi connectivity index (χ2n) is 2.46. The standard InChI is InChI=1S/C9H9NO2/c1-6(11)7-2-4-8(5-3-7)9(10)12/h2-5H,1H3,(H2,10,12)/i/hD. The first-order chi connectivity index (χ1) is 6.15. The number of ketones is 1. The van der Waals surface area contributed by atoms with Gasteiger partial charge in [0.1, 0.15) is 0 Å². The third-order valence-electron chi connectivity index (χ3n) is 1.55. The maximum absolute atomic E-state index is 10.9. The molecule has 0 aromatic heterocycles. The maximum atomic E-state index is 10.9. The molecule has 3 heteroatoms. The van der Waals surface area contributed by atoms with Crippen LogP contribution in [0.4, 0.5) is 0 Å². The van der Waals surface area contributed by atoms with Crippen LogP contribution >= 0.6 is 0 Å². The lowest BCUT2D eigenvalue weighted by atomic mass is 10.1. The highest BCUT2D eigenvalue weighted by atomic mass is 16.1. The topological polar surface area (TPSA) is 60.2 Å². The van der Waals surface area contributed by atoms with E-state index in [0.29, 0.717) is 11.1 Å². The largest absolute Gasteiger partial charge is 0.366 e. The summed E-state index contributed by atoms with van der Waals surface area (Å²) < 4.78 is 6.62. The second-order valence-corrected chi connectivity index (χ2v) is 2.46. The van der Waals surface area contributed by atoms with E-state index in [9.17, 15) is 9.59 Å². The van der Waals surface area contributed by atoms with Gasteiger partial charge in [-0.2, -0.15) is 0 Å². The van der Waals surface area contributed by atoms with E-state index in [1.165, 1.54) is 19.1 Å². The molecule has 1 aromatic rings. The van der Waals surface area contributed by atoms with E-state index < -0.39 is 5.91 Å². The number of rotatable bonds is 2. The van der Waals surface area contributed by atoms with Crippen LogP contribution in [-0.2, 0) is 0 Å². The van der Waals surface area contributed by atoms with E-state index in [0.717, 1.165) is 0 Å². The molecule has 0 saturated heterocycles. The fraction of sp³-hybridized carbons (Fsp3) is 0.111. The predicted octanol–water partition coefficient (Wildman–Crippen LogP) is 0.988. The quantitative estimate of drug-likeness (QED) is 0.662. The van der Waals surface area contributed by atoms with Crippen LogP contribution in [0.2, 0.25) is 1.41 Å². The zero-order valence-electron chi connectivity index (χ0n) is 7.63. The molecule has 62 valence electrons. The highest BCUT2D eigenvalue weighted by Crippen LogP contribution is 2.03. The highest BCUT2D eigenvalue weighted by Gasteiger charge is 2.01. The summed E-state index contributed by atoms with van der Waals surface area (Å²) in [7, 11) is 0. The van der Waals surface area contributed by atoms with Gasteiger partial charge >= 0.3 is 0 Å². The molecule has 0 bridgehead atoms. The molecule has 0 radical (unpaired) electrons. The number of carbonyl (C=O) groups is 2. The van der Waals surface area contributed by atoms with Crippen molar-refractivity contribution in [3.63, 3.8) is 0 Å². The third-order valence-corrected chi connectivity index (χ3v) is 1.55. The van der Waals surface area contributed by atoms with Gasteiger partial charge in [-0.15, -0.1) is 0 Å². The van der Waals surface area contributed by atoms with Crippen LogP contribution in [0.25, 0.3) is 0 Å². The lowest BCUT2D eigenvalue weighted by Gasteiger charge is -1.96. The van der Waals surface area contributed by atoms with Gasteiger partial charge in [0.05, 0.1) is 0 Å². The van der Waals surface area contributed by atoms with Crippen LogP contribution in [0.3, 0.4) is 0 Å². The van der Waals surface area contributed by atoms with Crippen molar-refractivity contribution in [1.82, 2.24) is 0 Å². The number of hydrogen-bond acceptors (Lipinski definition) is 2. The SMILES string of the molecule is [2H]NC(=O)c1ccc(C(C)=O)cc1. The number of benzene rings is 1. The number of nitrogens with two attached hydrogens (primary N) is 1. The third kappa shape index (κ3) is 1.69. The molecule has 0 aliphatic carbocycles. The Hall–Kier alpha value is -1.64. The van der Waals surface area contributed by atoms with E-state index >= 15 is 0 Å². The van der Waals surface area contributed by atoms with E-state index in [1.54, 1.807) is 17.9 Å². The van der Waals surface area contributed by atoms with Gasteiger partial charge in [-0.25, -0.2) is 0 Å².